The molecule has 1 amide bonds. The molecular formula is C18H27NO3. The Morgan fingerprint density at radius 2 is 2.14 bits per heavy atom. The van der Waals surface area contributed by atoms with E-state index in [0.717, 1.165) is 37.1 Å². The highest BCUT2D eigenvalue weighted by Crippen LogP contribution is 2.42. The topological polar surface area (TPSA) is 38.8 Å². The maximum atomic E-state index is 12.5. The summed E-state index contributed by atoms with van der Waals surface area (Å²) in [5, 5.41) is 0. The second-order valence-corrected chi connectivity index (χ2v) is 5.95. The summed E-state index contributed by atoms with van der Waals surface area (Å²) < 4.78 is 10.8. The Labute approximate surface area is 133 Å². The van der Waals surface area contributed by atoms with Gasteiger partial charge in [-0.2, -0.15) is 0 Å². The van der Waals surface area contributed by atoms with Gasteiger partial charge < -0.3 is 9.47 Å². The number of carbonyl (C=O) groups is 1. The number of methoxy groups -OCH3 is 1. The molecule has 0 fully saturated rings. The predicted molar refractivity (Wildman–Crippen MR) is 88.8 cm³/mol. The van der Waals surface area contributed by atoms with Crippen LogP contribution in [-0.2, 0) is 4.74 Å². The highest BCUT2D eigenvalue weighted by Gasteiger charge is 2.34. The van der Waals surface area contributed by atoms with Crippen molar-refractivity contribution >= 4 is 11.8 Å². The molecule has 0 N–H and O–H groups in total. The van der Waals surface area contributed by atoms with Gasteiger partial charge in [0.05, 0.1) is 19.4 Å². The fourth-order valence-electron chi connectivity index (χ4n) is 3.12. The Balaban J connectivity index is 2.31. The zero-order chi connectivity index (χ0) is 16.1. The van der Waals surface area contributed by atoms with Crippen molar-refractivity contribution in [2.45, 2.75) is 58.4 Å². The van der Waals surface area contributed by atoms with E-state index in [1.807, 2.05) is 12.1 Å². The number of unbranched alkanes of at least 4 members (excludes halogenated alkanes) is 1. The van der Waals surface area contributed by atoms with Gasteiger partial charge in [0, 0.05) is 12.1 Å². The van der Waals surface area contributed by atoms with E-state index in [1.165, 1.54) is 5.56 Å². The first-order valence-corrected chi connectivity index (χ1v) is 8.26. The minimum atomic E-state index is -0.245. The number of rotatable bonds is 5. The van der Waals surface area contributed by atoms with Crippen LogP contribution in [0.1, 0.15) is 57.9 Å². The van der Waals surface area contributed by atoms with Crippen molar-refractivity contribution in [2.24, 2.45) is 0 Å². The van der Waals surface area contributed by atoms with Crippen LogP contribution in [0.4, 0.5) is 10.5 Å². The molecule has 0 saturated heterocycles. The largest absolute Gasteiger partial charge is 0.497 e. The van der Waals surface area contributed by atoms with E-state index in [4.69, 9.17) is 9.47 Å². The molecule has 1 aliphatic rings. The maximum absolute atomic E-state index is 12.5. The van der Waals surface area contributed by atoms with Crippen LogP contribution in [0.2, 0.25) is 0 Å². The van der Waals surface area contributed by atoms with Crippen molar-refractivity contribution < 1.29 is 14.3 Å². The Hall–Kier alpha value is -1.71. The van der Waals surface area contributed by atoms with E-state index in [9.17, 15) is 4.79 Å². The molecule has 2 unspecified atom stereocenters. The number of nitrogens with zero attached hydrogens (tertiary/aromatic N) is 1. The number of carbonyl (C=O) groups excluding carboxylic acids is 1. The molecule has 0 bridgehead atoms. The minimum absolute atomic E-state index is 0.138. The summed E-state index contributed by atoms with van der Waals surface area (Å²) in [6.07, 6.45) is 3.72. The van der Waals surface area contributed by atoms with Crippen molar-refractivity contribution in [3.63, 3.8) is 0 Å². The van der Waals surface area contributed by atoms with E-state index in [1.54, 1.807) is 12.0 Å². The third-order valence-electron chi connectivity index (χ3n) is 4.42. The van der Waals surface area contributed by atoms with Crippen LogP contribution in [0.15, 0.2) is 18.2 Å². The first kappa shape index (κ1) is 16.7. The number of amides is 1. The number of fused-ring (bicyclic) bond motifs is 1. The maximum Gasteiger partial charge on any atom is 0.414 e. The summed E-state index contributed by atoms with van der Waals surface area (Å²) >= 11 is 0. The zero-order valence-corrected chi connectivity index (χ0v) is 14.1. The Morgan fingerprint density at radius 1 is 1.36 bits per heavy atom. The summed E-state index contributed by atoms with van der Waals surface area (Å²) in [5.74, 6) is 1.25. The van der Waals surface area contributed by atoms with Gasteiger partial charge in [0.2, 0.25) is 0 Å². The summed E-state index contributed by atoms with van der Waals surface area (Å²) in [4.78, 5) is 14.3. The first-order valence-electron chi connectivity index (χ1n) is 8.26. The lowest BCUT2D eigenvalue weighted by molar-refractivity contribution is 0.148. The van der Waals surface area contributed by atoms with Crippen LogP contribution < -0.4 is 9.64 Å². The Kier molecular flexibility index (Phi) is 5.69. The molecule has 1 heterocycles. The monoisotopic (exact) mass is 305 g/mol. The van der Waals surface area contributed by atoms with Crippen molar-refractivity contribution in [1.82, 2.24) is 0 Å². The number of benzene rings is 1. The molecule has 2 rings (SSSR count). The normalized spacial score (nSPS) is 20.5. The molecule has 0 saturated carbocycles. The Bertz CT molecular complexity index is 515. The lowest BCUT2D eigenvalue weighted by atomic mass is 9.84. The molecule has 2 atom stereocenters. The summed E-state index contributed by atoms with van der Waals surface area (Å²) in [6.45, 7) is 6.85. The number of ether oxygens (including phenoxy) is 2. The molecule has 122 valence electrons. The predicted octanol–water partition coefficient (Wildman–Crippen LogP) is 4.72. The van der Waals surface area contributed by atoms with Gasteiger partial charge in [0.15, 0.2) is 0 Å². The average molecular weight is 305 g/mol. The smallest absolute Gasteiger partial charge is 0.414 e. The molecule has 1 aromatic carbocycles. The van der Waals surface area contributed by atoms with Crippen LogP contribution in [0.5, 0.6) is 5.75 Å². The van der Waals surface area contributed by atoms with Gasteiger partial charge in [-0.3, -0.25) is 4.90 Å². The molecule has 1 aromatic rings. The average Bonchev–Trinajstić information content (AvgIpc) is 2.53. The van der Waals surface area contributed by atoms with E-state index in [2.05, 4.69) is 26.8 Å². The second-order valence-electron chi connectivity index (χ2n) is 5.95. The van der Waals surface area contributed by atoms with Gasteiger partial charge in [0.25, 0.3) is 0 Å². The highest BCUT2D eigenvalue weighted by atomic mass is 16.6. The number of hydrogen-bond donors (Lipinski definition) is 0. The van der Waals surface area contributed by atoms with Crippen LogP contribution >= 0.6 is 0 Å². The molecular weight excluding hydrogens is 278 g/mol. The fraction of sp³-hybridized carbons (Fsp3) is 0.611. The van der Waals surface area contributed by atoms with Gasteiger partial charge in [-0.15, -0.1) is 0 Å². The third-order valence-corrected chi connectivity index (χ3v) is 4.42. The quantitative estimate of drug-likeness (QED) is 0.739. The molecule has 1 aliphatic heterocycles. The van der Waals surface area contributed by atoms with Gasteiger partial charge in [-0.05, 0) is 43.7 Å². The molecule has 4 nitrogen and oxygen atoms in total. The van der Waals surface area contributed by atoms with Gasteiger partial charge in [-0.25, -0.2) is 4.79 Å². The van der Waals surface area contributed by atoms with Crippen molar-refractivity contribution in [3.05, 3.63) is 23.8 Å². The fourth-order valence-corrected chi connectivity index (χ4v) is 3.12. The summed E-state index contributed by atoms with van der Waals surface area (Å²) in [5.41, 5.74) is 2.15. The van der Waals surface area contributed by atoms with E-state index in [0.29, 0.717) is 12.5 Å². The minimum Gasteiger partial charge on any atom is -0.497 e. The second kappa shape index (κ2) is 7.52. The lowest BCUT2D eigenvalue weighted by Crippen LogP contribution is -2.43. The standard InChI is InChI=1S/C18H27NO3/c1-5-7-10-22-18(20)19-13(3)11-14(6-2)16-9-8-15(21-4)12-17(16)19/h8-9,12-14H,5-7,10-11H2,1-4H3. The number of hydrogen-bond acceptors (Lipinski definition) is 3. The Morgan fingerprint density at radius 3 is 2.77 bits per heavy atom. The van der Waals surface area contributed by atoms with Gasteiger partial charge in [-0.1, -0.05) is 26.3 Å². The molecule has 0 aromatic heterocycles. The molecule has 22 heavy (non-hydrogen) atoms. The van der Waals surface area contributed by atoms with E-state index >= 15 is 0 Å². The molecule has 0 aliphatic carbocycles. The van der Waals surface area contributed by atoms with Crippen molar-refractivity contribution in [2.75, 3.05) is 18.6 Å². The van der Waals surface area contributed by atoms with Crippen LogP contribution in [0, 0.1) is 0 Å². The summed E-state index contributed by atoms with van der Waals surface area (Å²) in [6, 6.07) is 6.14. The SMILES string of the molecule is CCCCOC(=O)N1c2cc(OC)ccc2C(CC)CC1C. The van der Waals surface area contributed by atoms with Gasteiger partial charge >= 0.3 is 6.09 Å². The number of anilines is 1. The highest BCUT2D eigenvalue weighted by molar-refractivity contribution is 5.90. The van der Waals surface area contributed by atoms with Crippen LogP contribution in [0.3, 0.4) is 0 Å². The van der Waals surface area contributed by atoms with Gasteiger partial charge in [0.1, 0.15) is 5.75 Å². The molecule has 4 heteroatoms. The zero-order valence-electron chi connectivity index (χ0n) is 14.1. The van der Waals surface area contributed by atoms with Crippen LogP contribution in [0.25, 0.3) is 0 Å². The van der Waals surface area contributed by atoms with Crippen LogP contribution in [-0.4, -0.2) is 25.9 Å². The molecule has 0 radical (unpaired) electrons. The first-order chi connectivity index (χ1) is 10.6. The van der Waals surface area contributed by atoms with Crippen molar-refractivity contribution in [1.29, 1.82) is 0 Å². The lowest BCUT2D eigenvalue weighted by Gasteiger charge is -2.38. The third kappa shape index (κ3) is 3.37. The summed E-state index contributed by atoms with van der Waals surface area (Å²) in [7, 11) is 1.65. The van der Waals surface area contributed by atoms with E-state index < -0.39 is 0 Å². The van der Waals surface area contributed by atoms with E-state index in [-0.39, 0.29) is 12.1 Å². The van der Waals surface area contributed by atoms with Crippen molar-refractivity contribution in [3.8, 4) is 5.75 Å². The molecule has 0 spiro atoms.